The van der Waals surface area contributed by atoms with E-state index in [1.165, 1.54) is 11.1 Å². The minimum absolute atomic E-state index is 0.294. The molecule has 1 N–H and O–H groups in total. The standard InChI is InChI=1S/C15H16BrN3O/c1-17-15-13(16)12(8-20-2)18-14(19-15)11-7-9-5-3-4-6-10(9)11/h3-6,11H,7-8H2,1-2H3,(H,17,18,19). The van der Waals surface area contributed by atoms with Gasteiger partial charge in [-0.2, -0.15) is 0 Å². The van der Waals surface area contributed by atoms with Gasteiger partial charge in [-0.1, -0.05) is 24.3 Å². The first-order valence-corrected chi connectivity index (χ1v) is 7.34. The number of ether oxygens (including phenoxy) is 1. The maximum atomic E-state index is 5.22. The molecule has 0 saturated heterocycles. The zero-order valence-electron chi connectivity index (χ0n) is 11.5. The van der Waals surface area contributed by atoms with Gasteiger partial charge in [-0.3, -0.25) is 0 Å². The SMILES string of the molecule is CNc1nc(C2Cc3ccccc32)nc(COC)c1Br. The summed E-state index contributed by atoms with van der Waals surface area (Å²) in [6.45, 7) is 0.471. The highest BCUT2D eigenvalue weighted by atomic mass is 79.9. The van der Waals surface area contributed by atoms with Crippen molar-refractivity contribution in [3.8, 4) is 0 Å². The Bertz CT molecular complexity index is 645. The molecule has 20 heavy (non-hydrogen) atoms. The van der Waals surface area contributed by atoms with Crippen molar-refractivity contribution in [1.82, 2.24) is 9.97 Å². The molecule has 0 radical (unpaired) electrons. The normalized spacial score (nSPS) is 16.4. The van der Waals surface area contributed by atoms with Crippen LogP contribution in [-0.2, 0) is 17.8 Å². The molecular formula is C15H16BrN3O. The van der Waals surface area contributed by atoms with Crippen molar-refractivity contribution < 1.29 is 4.74 Å². The number of benzene rings is 1. The van der Waals surface area contributed by atoms with Crippen LogP contribution in [0.25, 0.3) is 0 Å². The summed E-state index contributed by atoms with van der Waals surface area (Å²) in [5, 5.41) is 3.11. The van der Waals surface area contributed by atoms with Crippen molar-refractivity contribution in [2.45, 2.75) is 18.9 Å². The molecule has 0 saturated carbocycles. The van der Waals surface area contributed by atoms with Crippen molar-refractivity contribution in [2.24, 2.45) is 0 Å². The van der Waals surface area contributed by atoms with Gasteiger partial charge >= 0.3 is 0 Å². The summed E-state index contributed by atoms with van der Waals surface area (Å²) < 4.78 is 6.09. The van der Waals surface area contributed by atoms with Crippen LogP contribution in [0.5, 0.6) is 0 Å². The summed E-state index contributed by atoms with van der Waals surface area (Å²) >= 11 is 3.53. The number of nitrogens with one attached hydrogen (secondary N) is 1. The van der Waals surface area contributed by atoms with Crippen LogP contribution in [0.1, 0.15) is 28.6 Å². The first-order valence-electron chi connectivity index (χ1n) is 6.55. The Kier molecular flexibility index (Phi) is 3.72. The molecule has 0 fully saturated rings. The summed E-state index contributed by atoms with van der Waals surface area (Å²) in [6.07, 6.45) is 1.01. The third-order valence-corrected chi connectivity index (χ3v) is 4.45. The van der Waals surface area contributed by atoms with Crippen molar-refractivity contribution in [3.63, 3.8) is 0 Å². The second-order valence-corrected chi connectivity index (χ2v) is 5.62. The van der Waals surface area contributed by atoms with Crippen molar-refractivity contribution in [1.29, 1.82) is 0 Å². The monoisotopic (exact) mass is 333 g/mol. The molecular weight excluding hydrogens is 318 g/mol. The van der Waals surface area contributed by atoms with Crippen LogP contribution >= 0.6 is 15.9 Å². The number of hydrogen-bond acceptors (Lipinski definition) is 4. The quantitative estimate of drug-likeness (QED) is 0.933. The number of nitrogens with zero attached hydrogens (tertiary/aromatic N) is 2. The van der Waals surface area contributed by atoms with Gasteiger partial charge < -0.3 is 10.1 Å². The lowest BCUT2D eigenvalue weighted by Gasteiger charge is -2.29. The smallest absolute Gasteiger partial charge is 0.144 e. The molecule has 1 heterocycles. The Hall–Kier alpha value is -1.46. The highest BCUT2D eigenvalue weighted by Crippen LogP contribution is 2.39. The first kappa shape index (κ1) is 13.5. The Labute approximate surface area is 126 Å². The fraction of sp³-hybridized carbons (Fsp3) is 0.333. The van der Waals surface area contributed by atoms with E-state index in [-0.39, 0.29) is 0 Å². The van der Waals surface area contributed by atoms with E-state index in [1.54, 1.807) is 7.11 Å². The van der Waals surface area contributed by atoms with Gasteiger partial charge in [-0.05, 0) is 33.5 Å². The van der Waals surface area contributed by atoms with E-state index in [2.05, 4.69) is 55.5 Å². The molecule has 0 bridgehead atoms. The fourth-order valence-corrected chi connectivity index (χ4v) is 3.05. The number of methoxy groups -OCH3 is 1. The molecule has 0 aliphatic heterocycles. The zero-order chi connectivity index (χ0) is 14.1. The largest absolute Gasteiger partial charge is 0.378 e. The average molecular weight is 334 g/mol. The van der Waals surface area contributed by atoms with Crippen LogP contribution in [0.3, 0.4) is 0 Å². The van der Waals surface area contributed by atoms with E-state index >= 15 is 0 Å². The van der Waals surface area contributed by atoms with E-state index in [1.807, 2.05) is 7.05 Å². The molecule has 1 aliphatic rings. The molecule has 1 aromatic carbocycles. The van der Waals surface area contributed by atoms with E-state index in [0.29, 0.717) is 12.5 Å². The number of fused-ring (bicyclic) bond motifs is 1. The molecule has 104 valence electrons. The Balaban J connectivity index is 2.01. The topological polar surface area (TPSA) is 47.0 Å². The second-order valence-electron chi connectivity index (χ2n) is 4.83. The summed E-state index contributed by atoms with van der Waals surface area (Å²) in [7, 11) is 3.54. The van der Waals surface area contributed by atoms with Crippen LogP contribution in [0.2, 0.25) is 0 Å². The molecule has 5 heteroatoms. The minimum Gasteiger partial charge on any atom is -0.378 e. The number of anilines is 1. The maximum Gasteiger partial charge on any atom is 0.144 e. The molecule has 4 nitrogen and oxygen atoms in total. The molecule has 3 rings (SSSR count). The van der Waals surface area contributed by atoms with Gasteiger partial charge in [0.05, 0.1) is 16.8 Å². The molecule has 0 spiro atoms. The van der Waals surface area contributed by atoms with Gasteiger partial charge in [-0.25, -0.2) is 9.97 Å². The molecule has 0 amide bonds. The highest BCUT2D eigenvalue weighted by molar-refractivity contribution is 9.10. The lowest BCUT2D eigenvalue weighted by Crippen LogP contribution is -2.21. The minimum atomic E-state index is 0.294. The fourth-order valence-electron chi connectivity index (χ4n) is 2.56. The van der Waals surface area contributed by atoms with Gasteiger partial charge in [0.2, 0.25) is 0 Å². The Morgan fingerprint density at radius 1 is 1.35 bits per heavy atom. The number of hydrogen-bond donors (Lipinski definition) is 1. The predicted octanol–water partition coefficient (Wildman–Crippen LogP) is 3.12. The van der Waals surface area contributed by atoms with Crippen LogP contribution in [-0.4, -0.2) is 24.1 Å². The second kappa shape index (κ2) is 5.50. The van der Waals surface area contributed by atoms with Gasteiger partial charge in [0.1, 0.15) is 11.6 Å². The number of aromatic nitrogens is 2. The molecule has 1 aliphatic carbocycles. The molecule has 1 aromatic heterocycles. The van der Waals surface area contributed by atoms with Crippen LogP contribution in [0.15, 0.2) is 28.7 Å². The first-order chi connectivity index (χ1) is 9.74. The van der Waals surface area contributed by atoms with Gasteiger partial charge in [0.25, 0.3) is 0 Å². The lowest BCUT2D eigenvalue weighted by atomic mass is 9.77. The Morgan fingerprint density at radius 3 is 2.85 bits per heavy atom. The summed E-state index contributed by atoms with van der Waals surface area (Å²) in [5.41, 5.74) is 3.61. The third kappa shape index (κ3) is 2.21. The van der Waals surface area contributed by atoms with Gasteiger partial charge in [0, 0.05) is 20.1 Å². The van der Waals surface area contributed by atoms with Crippen LogP contribution < -0.4 is 5.32 Å². The van der Waals surface area contributed by atoms with Gasteiger partial charge in [0.15, 0.2) is 0 Å². The number of halogens is 1. The van der Waals surface area contributed by atoms with E-state index in [9.17, 15) is 0 Å². The van der Waals surface area contributed by atoms with Crippen LogP contribution in [0.4, 0.5) is 5.82 Å². The summed E-state index contributed by atoms with van der Waals surface area (Å²) in [5.74, 6) is 1.97. The number of rotatable bonds is 4. The average Bonchev–Trinajstić information content (AvgIpc) is 2.43. The molecule has 1 unspecified atom stereocenters. The zero-order valence-corrected chi connectivity index (χ0v) is 13.1. The lowest BCUT2D eigenvalue weighted by molar-refractivity contribution is 0.180. The summed E-state index contributed by atoms with van der Waals surface area (Å²) in [6, 6.07) is 8.47. The van der Waals surface area contributed by atoms with Crippen molar-refractivity contribution >= 4 is 21.7 Å². The molecule has 1 atom stereocenters. The van der Waals surface area contributed by atoms with Crippen molar-refractivity contribution in [2.75, 3.05) is 19.5 Å². The van der Waals surface area contributed by atoms with E-state index in [4.69, 9.17) is 4.74 Å². The predicted molar refractivity (Wildman–Crippen MR) is 82.0 cm³/mol. The van der Waals surface area contributed by atoms with E-state index < -0.39 is 0 Å². The summed E-state index contributed by atoms with van der Waals surface area (Å²) in [4.78, 5) is 9.30. The third-order valence-electron chi connectivity index (χ3n) is 3.62. The van der Waals surface area contributed by atoms with Crippen LogP contribution in [0, 0.1) is 0 Å². The van der Waals surface area contributed by atoms with Gasteiger partial charge in [-0.15, -0.1) is 0 Å². The highest BCUT2D eigenvalue weighted by Gasteiger charge is 2.30. The Morgan fingerprint density at radius 2 is 2.15 bits per heavy atom. The maximum absolute atomic E-state index is 5.22. The molecule has 2 aromatic rings. The van der Waals surface area contributed by atoms with E-state index in [0.717, 1.165) is 28.2 Å². The van der Waals surface area contributed by atoms with Crippen molar-refractivity contribution in [3.05, 3.63) is 51.4 Å².